The highest BCUT2D eigenvalue weighted by Gasteiger charge is 2.22. The summed E-state index contributed by atoms with van der Waals surface area (Å²) < 4.78 is 10.8. The molecule has 0 fully saturated rings. The Bertz CT molecular complexity index is 426. The van der Waals surface area contributed by atoms with Crippen molar-refractivity contribution in [2.24, 2.45) is 0 Å². The summed E-state index contributed by atoms with van der Waals surface area (Å²) in [5.41, 5.74) is 1.11. The Morgan fingerprint density at radius 3 is 1.26 bits per heavy atom. The maximum absolute atomic E-state index is 12.6. The second-order valence-electron chi connectivity index (χ2n) is 7.20. The van der Waals surface area contributed by atoms with Gasteiger partial charge in [-0.2, -0.15) is 0 Å². The van der Waals surface area contributed by atoms with Crippen molar-refractivity contribution < 1.29 is 19.1 Å². The number of unbranched alkanes of at least 4 members (excludes halogenated alkanes) is 7. The predicted octanol–water partition coefficient (Wildman–Crippen LogP) is 6.52. The SMILES string of the molecule is CCCCCCCC(C(=O)OCCC)=C(CCCCCC)C(=O)OCCC. The summed E-state index contributed by atoms with van der Waals surface area (Å²) >= 11 is 0. The molecule has 0 spiro atoms. The number of esters is 2. The normalized spacial score (nSPS) is 11.9. The lowest BCUT2D eigenvalue weighted by molar-refractivity contribution is -0.142. The van der Waals surface area contributed by atoms with Crippen LogP contribution in [0.1, 0.15) is 111 Å². The summed E-state index contributed by atoms with van der Waals surface area (Å²) in [6.07, 6.45) is 12.6. The molecule has 4 nitrogen and oxygen atoms in total. The van der Waals surface area contributed by atoms with Gasteiger partial charge in [-0.15, -0.1) is 0 Å². The number of hydrogen-bond donors (Lipinski definition) is 0. The van der Waals surface area contributed by atoms with E-state index >= 15 is 0 Å². The van der Waals surface area contributed by atoms with E-state index in [1.165, 1.54) is 19.3 Å². The Kier molecular flexibility index (Phi) is 17.2. The van der Waals surface area contributed by atoms with Crippen LogP contribution in [0.3, 0.4) is 0 Å². The topological polar surface area (TPSA) is 52.6 Å². The number of carbonyl (C=O) groups is 2. The lowest BCUT2D eigenvalue weighted by Gasteiger charge is -2.15. The van der Waals surface area contributed by atoms with Gasteiger partial charge < -0.3 is 9.47 Å². The van der Waals surface area contributed by atoms with Gasteiger partial charge in [0.2, 0.25) is 0 Å². The summed E-state index contributed by atoms with van der Waals surface area (Å²) in [6.45, 7) is 9.09. The smallest absolute Gasteiger partial charge is 0.334 e. The second kappa shape index (κ2) is 18.1. The van der Waals surface area contributed by atoms with Gasteiger partial charge in [-0.3, -0.25) is 0 Å². The van der Waals surface area contributed by atoms with Crippen LogP contribution in [0.2, 0.25) is 0 Å². The van der Waals surface area contributed by atoms with Gasteiger partial charge in [0.1, 0.15) is 0 Å². The highest BCUT2D eigenvalue weighted by molar-refractivity contribution is 6.00. The van der Waals surface area contributed by atoms with Gasteiger partial charge in [0, 0.05) is 11.1 Å². The molecule has 0 aliphatic carbocycles. The molecule has 0 N–H and O–H groups in total. The van der Waals surface area contributed by atoms with Gasteiger partial charge in [0.05, 0.1) is 13.2 Å². The van der Waals surface area contributed by atoms with Gasteiger partial charge >= 0.3 is 11.9 Å². The summed E-state index contributed by atoms with van der Waals surface area (Å²) in [4.78, 5) is 25.3. The number of carbonyl (C=O) groups excluding carboxylic acids is 2. The molecule has 0 atom stereocenters. The van der Waals surface area contributed by atoms with E-state index in [1.54, 1.807) is 0 Å². The third-order valence-electron chi connectivity index (χ3n) is 4.54. The van der Waals surface area contributed by atoms with Crippen LogP contribution in [-0.2, 0) is 19.1 Å². The molecule has 0 saturated heterocycles. The van der Waals surface area contributed by atoms with Crippen LogP contribution < -0.4 is 0 Å². The molecule has 4 heteroatoms. The molecule has 0 aromatic rings. The molecule has 158 valence electrons. The fourth-order valence-corrected chi connectivity index (χ4v) is 2.95. The molecule has 0 aliphatic rings. The fraction of sp³-hybridized carbons (Fsp3) is 0.826. The number of rotatable bonds is 17. The average molecular weight is 383 g/mol. The van der Waals surface area contributed by atoms with Crippen molar-refractivity contribution in [1.82, 2.24) is 0 Å². The second-order valence-corrected chi connectivity index (χ2v) is 7.20. The van der Waals surface area contributed by atoms with Crippen molar-refractivity contribution in [3.63, 3.8) is 0 Å². The van der Waals surface area contributed by atoms with Crippen molar-refractivity contribution in [3.8, 4) is 0 Å². The standard InChI is InChI=1S/C23H42O4/c1-5-9-11-13-15-17-21(23(25)27-19-8-4)20(16-14-12-10-6-2)22(24)26-18-7-3/h5-19H2,1-4H3. The summed E-state index contributed by atoms with van der Waals surface area (Å²) in [6, 6.07) is 0. The van der Waals surface area contributed by atoms with Gasteiger partial charge in [-0.25, -0.2) is 9.59 Å². The summed E-state index contributed by atoms with van der Waals surface area (Å²) in [5, 5.41) is 0. The lowest BCUT2D eigenvalue weighted by atomic mass is 9.96. The highest BCUT2D eigenvalue weighted by Crippen LogP contribution is 2.23. The molecule has 0 aromatic carbocycles. The van der Waals surface area contributed by atoms with Crippen LogP contribution in [0, 0.1) is 0 Å². The largest absolute Gasteiger partial charge is 0.462 e. The highest BCUT2D eigenvalue weighted by atomic mass is 16.5. The molecule has 0 aliphatic heterocycles. The first-order valence-electron chi connectivity index (χ1n) is 11.2. The molecule has 0 amide bonds. The van der Waals surface area contributed by atoms with Crippen molar-refractivity contribution in [3.05, 3.63) is 11.1 Å². The third kappa shape index (κ3) is 12.6. The van der Waals surface area contributed by atoms with E-state index in [0.717, 1.165) is 51.4 Å². The van der Waals surface area contributed by atoms with Crippen LogP contribution in [0.15, 0.2) is 11.1 Å². The van der Waals surface area contributed by atoms with Crippen molar-refractivity contribution in [2.45, 2.75) is 111 Å². The molecule has 0 radical (unpaired) electrons. The minimum atomic E-state index is -0.328. The third-order valence-corrected chi connectivity index (χ3v) is 4.54. The van der Waals surface area contributed by atoms with E-state index in [-0.39, 0.29) is 11.9 Å². The lowest BCUT2D eigenvalue weighted by Crippen LogP contribution is -2.18. The quantitative estimate of drug-likeness (QED) is 0.163. The molecule has 0 rings (SSSR count). The van der Waals surface area contributed by atoms with E-state index in [2.05, 4.69) is 13.8 Å². The van der Waals surface area contributed by atoms with E-state index in [4.69, 9.17) is 9.47 Å². The zero-order chi connectivity index (χ0) is 20.3. The number of ether oxygens (including phenoxy) is 2. The van der Waals surface area contributed by atoms with Crippen LogP contribution in [-0.4, -0.2) is 25.2 Å². The Labute approximate surface area is 167 Å². The molecule has 0 aromatic heterocycles. The van der Waals surface area contributed by atoms with Crippen LogP contribution in [0.25, 0.3) is 0 Å². The molecule has 0 saturated carbocycles. The van der Waals surface area contributed by atoms with Gasteiger partial charge in [-0.1, -0.05) is 72.6 Å². The van der Waals surface area contributed by atoms with Gasteiger partial charge in [0.25, 0.3) is 0 Å². The zero-order valence-electron chi connectivity index (χ0n) is 18.2. The first-order valence-corrected chi connectivity index (χ1v) is 11.2. The van der Waals surface area contributed by atoms with E-state index < -0.39 is 0 Å². The maximum atomic E-state index is 12.6. The van der Waals surface area contributed by atoms with Crippen molar-refractivity contribution in [2.75, 3.05) is 13.2 Å². The monoisotopic (exact) mass is 382 g/mol. The van der Waals surface area contributed by atoms with Crippen LogP contribution >= 0.6 is 0 Å². The Morgan fingerprint density at radius 1 is 0.519 bits per heavy atom. The van der Waals surface area contributed by atoms with E-state index in [9.17, 15) is 9.59 Å². The Morgan fingerprint density at radius 2 is 0.889 bits per heavy atom. The Hall–Kier alpha value is -1.32. The van der Waals surface area contributed by atoms with Gasteiger partial charge in [-0.05, 0) is 38.5 Å². The first kappa shape index (κ1) is 25.7. The zero-order valence-corrected chi connectivity index (χ0v) is 18.2. The van der Waals surface area contributed by atoms with Crippen molar-refractivity contribution in [1.29, 1.82) is 0 Å². The van der Waals surface area contributed by atoms with Crippen LogP contribution in [0.5, 0.6) is 0 Å². The molecule has 27 heavy (non-hydrogen) atoms. The summed E-state index contributed by atoms with van der Waals surface area (Å²) in [7, 11) is 0. The molecular weight excluding hydrogens is 340 g/mol. The average Bonchev–Trinajstić information content (AvgIpc) is 2.68. The molecule has 0 bridgehead atoms. The molecule has 0 unspecified atom stereocenters. The van der Waals surface area contributed by atoms with Crippen molar-refractivity contribution >= 4 is 11.9 Å². The first-order chi connectivity index (χ1) is 13.1. The van der Waals surface area contributed by atoms with Crippen LogP contribution in [0.4, 0.5) is 0 Å². The van der Waals surface area contributed by atoms with E-state index in [0.29, 0.717) is 37.2 Å². The summed E-state index contributed by atoms with van der Waals surface area (Å²) in [5.74, 6) is -0.656. The minimum absolute atomic E-state index is 0.328. The predicted molar refractivity (Wildman–Crippen MR) is 112 cm³/mol. The number of hydrogen-bond acceptors (Lipinski definition) is 4. The minimum Gasteiger partial charge on any atom is -0.462 e. The van der Waals surface area contributed by atoms with Gasteiger partial charge in [0.15, 0.2) is 0 Å². The van der Waals surface area contributed by atoms with E-state index in [1.807, 2.05) is 13.8 Å². The maximum Gasteiger partial charge on any atom is 0.334 e. The molecular formula is C23H42O4. The Balaban J connectivity index is 5.28. The molecule has 0 heterocycles. The fourth-order valence-electron chi connectivity index (χ4n) is 2.95.